The third kappa shape index (κ3) is 3.10. The fourth-order valence-electron chi connectivity index (χ4n) is 2.48. The van der Waals surface area contributed by atoms with Gasteiger partial charge in [0.2, 0.25) is 0 Å². The van der Waals surface area contributed by atoms with Crippen LogP contribution in [0.15, 0.2) is 24.0 Å². The fourth-order valence-corrected chi connectivity index (χ4v) is 2.82. The Bertz CT molecular complexity index is 669. The molecule has 0 aliphatic carbocycles. The summed E-state index contributed by atoms with van der Waals surface area (Å²) in [6, 6.07) is 1.53. The van der Waals surface area contributed by atoms with Crippen LogP contribution < -0.4 is 4.90 Å². The predicted octanol–water partition coefficient (Wildman–Crippen LogP) is 2.92. The molecule has 118 valence electrons. The number of halogens is 2. The van der Waals surface area contributed by atoms with E-state index in [1.165, 1.54) is 23.4 Å². The van der Waals surface area contributed by atoms with E-state index in [0.717, 1.165) is 0 Å². The SMILES string of the molecule is CN(C)/C=C1\C(=O)CC(C)(C)N(c2cc(Cl)ncc2Cl)C1=O. The van der Waals surface area contributed by atoms with E-state index in [1.54, 1.807) is 19.0 Å². The second-order valence-corrected chi connectivity index (χ2v) is 6.81. The lowest BCUT2D eigenvalue weighted by Gasteiger charge is -2.42. The number of piperidine rings is 1. The van der Waals surface area contributed by atoms with Crippen LogP contribution in [0.25, 0.3) is 0 Å². The minimum Gasteiger partial charge on any atom is -0.383 e. The van der Waals surface area contributed by atoms with Crippen LogP contribution in [0.1, 0.15) is 20.3 Å². The van der Waals surface area contributed by atoms with Crippen LogP contribution in [0.3, 0.4) is 0 Å². The minimum atomic E-state index is -0.702. The Morgan fingerprint density at radius 3 is 2.55 bits per heavy atom. The lowest BCUT2D eigenvalue weighted by atomic mass is 9.86. The summed E-state index contributed by atoms with van der Waals surface area (Å²) in [5.41, 5.74) is -0.117. The van der Waals surface area contributed by atoms with Gasteiger partial charge in [-0.1, -0.05) is 23.2 Å². The van der Waals surface area contributed by atoms with E-state index in [2.05, 4.69) is 4.98 Å². The van der Waals surface area contributed by atoms with Crippen LogP contribution in [0.5, 0.6) is 0 Å². The summed E-state index contributed by atoms with van der Waals surface area (Å²) in [4.78, 5) is 32.2. The first-order valence-corrected chi connectivity index (χ1v) is 7.46. The van der Waals surface area contributed by atoms with Gasteiger partial charge in [0.1, 0.15) is 5.15 Å². The Kier molecular flexibility index (Phi) is 4.49. The van der Waals surface area contributed by atoms with E-state index in [4.69, 9.17) is 23.2 Å². The molecule has 2 rings (SSSR count). The highest BCUT2D eigenvalue weighted by atomic mass is 35.5. The van der Waals surface area contributed by atoms with Crippen LogP contribution in [-0.2, 0) is 9.59 Å². The molecular formula is C15H17Cl2N3O2. The van der Waals surface area contributed by atoms with Gasteiger partial charge in [0.05, 0.1) is 16.3 Å². The number of carbonyl (C=O) groups excluding carboxylic acids is 2. The molecule has 0 N–H and O–H groups in total. The summed E-state index contributed by atoms with van der Waals surface area (Å²) >= 11 is 12.1. The van der Waals surface area contributed by atoms with Crippen molar-refractivity contribution < 1.29 is 9.59 Å². The van der Waals surface area contributed by atoms with Gasteiger partial charge in [0, 0.05) is 44.5 Å². The summed E-state index contributed by atoms with van der Waals surface area (Å²) in [5.74, 6) is -0.574. The average Bonchev–Trinajstić information content (AvgIpc) is 2.37. The number of anilines is 1. The topological polar surface area (TPSA) is 53.5 Å². The molecular weight excluding hydrogens is 325 g/mol. The molecule has 0 bridgehead atoms. The Labute approximate surface area is 139 Å². The molecule has 1 aromatic rings. The van der Waals surface area contributed by atoms with Crippen molar-refractivity contribution >= 4 is 40.6 Å². The molecule has 22 heavy (non-hydrogen) atoms. The number of nitrogens with zero attached hydrogens (tertiary/aromatic N) is 3. The molecule has 0 unspecified atom stereocenters. The summed E-state index contributed by atoms with van der Waals surface area (Å²) in [5, 5.41) is 0.544. The first kappa shape index (κ1) is 16.8. The smallest absolute Gasteiger partial charge is 0.263 e. The molecule has 1 aliphatic rings. The zero-order chi connectivity index (χ0) is 16.7. The van der Waals surface area contributed by atoms with E-state index in [0.29, 0.717) is 10.7 Å². The van der Waals surface area contributed by atoms with Crippen molar-refractivity contribution in [3.05, 3.63) is 34.2 Å². The number of amides is 1. The van der Waals surface area contributed by atoms with Crippen molar-refractivity contribution in [3.8, 4) is 0 Å². The molecule has 1 amide bonds. The summed E-state index contributed by atoms with van der Waals surface area (Å²) < 4.78 is 0. The Hall–Kier alpha value is -1.59. The van der Waals surface area contributed by atoms with Gasteiger partial charge in [-0.05, 0) is 13.8 Å². The van der Waals surface area contributed by atoms with E-state index in [1.807, 2.05) is 13.8 Å². The number of ketones is 1. The van der Waals surface area contributed by atoms with Crippen LogP contribution >= 0.6 is 23.2 Å². The molecule has 0 radical (unpaired) electrons. The first-order chi connectivity index (χ1) is 10.1. The van der Waals surface area contributed by atoms with E-state index >= 15 is 0 Å². The van der Waals surface area contributed by atoms with Crippen molar-refractivity contribution in [2.75, 3.05) is 19.0 Å². The summed E-state index contributed by atoms with van der Waals surface area (Å²) in [7, 11) is 3.52. The monoisotopic (exact) mass is 341 g/mol. The maximum Gasteiger partial charge on any atom is 0.263 e. The quantitative estimate of drug-likeness (QED) is 0.471. The highest BCUT2D eigenvalue weighted by molar-refractivity contribution is 6.36. The maximum atomic E-state index is 12.8. The largest absolute Gasteiger partial charge is 0.383 e. The Morgan fingerprint density at radius 2 is 1.95 bits per heavy atom. The highest BCUT2D eigenvalue weighted by Gasteiger charge is 2.44. The van der Waals surface area contributed by atoms with Crippen LogP contribution in [-0.4, -0.2) is 41.2 Å². The predicted molar refractivity (Wildman–Crippen MR) is 87.2 cm³/mol. The molecule has 0 spiro atoms. The van der Waals surface area contributed by atoms with Crippen LogP contribution in [0.2, 0.25) is 10.2 Å². The molecule has 2 heterocycles. The molecule has 0 saturated carbocycles. The van der Waals surface area contributed by atoms with Gasteiger partial charge in [-0.15, -0.1) is 0 Å². The van der Waals surface area contributed by atoms with Gasteiger partial charge in [0.15, 0.2) is 5.78 Å². The van der Waals surface area contributed by atoms with E-state index in [-0.39, 0.29) is 28.8 Å². The van der Waals surface area contributed by atoms with Gasteiger partial charge in [0.25, 0.3) is 5.91 Å². The third-order valence-electron chi connectivity index (χ3n) is 3.36. The maximum absolute atomic E-state index is 12.8. The zero-order valence-corrected chi connectivity index (χ0v) is 14.4. The minimum absolute atomic E-state index is 0.133. The molecule has 1 aromatic heterocycles. The van der Waals surface area contributed by atoms with Gasteiger partial charge >= 0.3 is 0 Å². The fraction of sp³-hybridized carbons (Fsp3) is 0.400. The molecule has 0 atom stereocenters. The molecule has 1 saturated heterocycles. The van der Waals surface area contributed by atoms with Crippen LogP contribution in [0.4, 0.5) is 5.69 Å². The molecule has 1 fully saturated rings. The van der Waals surface area contributed by atoms with Crippen molar-refractivity contribution in [2.24, 2.45) is 0 Å². The second kappa shape index (κ2) is 5.89. The number of Topliss-reactive ketones (excluding diaryl/α,β-unsaturated/α-hetero) is 1. The molecule has 0 aromatic carbocycles. The third-order valence-corrected chi connectivity index (χ3v) is 3.86. The van der Waals surface area contributed by atoms with Crippen LogP contribution in [0, 0.1) is 0 Å². The molecule has 1 aliphatic heterocycles. The van der Waals surface area contributed by atoms with E-state index < -0.39 is 5.54 Å². The normalized spacial score (nSPS) is 19.7. The van der Waals surface area contributed by atoms with Crippen molar-refractivity contribution in [1.82, 2.24) is 9.88 Å². The zero-order valence-electron chi connectivity index (χ0n) is 12.9. The van der Waals surface area contributed by atoms with Gasteiger partial charge in [-0.25, -0.2) is 4.98 Å². The van der Waals surface area contributed by atoms with Crippen molar-refractivity contribution in [2.45, 2.75) is 25.8 Å². The first-order valence-electron chi connectivity index (χ1n) is 6.70. The number of pyridine rings is 1. The number of hydrogen-bond donors (Lipinski definition) is 0. The lowest BCUT2D eigenvalue weighted by molar-refractivity contribution is -0.125. The standard InChI is InChI=1S/C15H17Cl2N3O2/c1-15(2)6-12(21)9(8-19(3)4)14(22)20(15)11-5-13(17)18-7-10(11)16/h5,7-8H,6H2,1-4H3/b9-8+. The second-order valence-electron chi connectivity index (χ2n) is 6.02. The number of hydrogen-bond acceptors (Lipinski definition) is 4. The summed E-state index contributed by atoms with van der Waals surface area (Å²) in [6.45, 7) is 3.64. The van der Waals surface area contributed by atoms with E-state index in [9.17, 15) is 9.59 Å². The van der Waals surface area contributed by atoms with Crippen molar-refractivity contribution in [1.29, 1.82) is 0 Å². The van der Waals surface area contributed by atoms with Gasteiger partial charge in [-0.3, -0.25) is 9.59 Å². The summed E-state index contributed by atoms with van der Waals surface area (Å²) in [6.07, 6.45) is 3.13. The lowest BCUT2D eigenvalue weighted by Crippen LogP contribution is -2.55. The Morgan fingerprint density at radius 1 is 1.32 bits per heavy atom. The number of aromatic nitrogens is 1. The Balaban J connectivity index is 2.58. The van der Waals surface area contributed by atoms with Gasteiger partial charge in [-0.2, -0.15) is 0 Å². The molecule has 7 heteroatoms. The highest BCUT2D eigenvalue weighted by Crippen LogP contribution is 2.38. The number of carbonyl (C=O) groups is 2. The van der Waals surface area contributed by atoms with Gasteiger partial charge < -0.3 is 9.80 Å². The number of rotatable bonds is 2. The average molecular weight is 342 g/mol. The van der Waals surface area contributed by atoms with Crippen molar-refractivity contribution in [3.63, 3.8) is 0 Å². The molecule has 5 nitrogen and oxygen atoms in total.